The Kier molecular flexibility index (Phi) is 6.30. The standard InChI is InChI=1S/C45H45BN2O/c1-28-23-37-40-38(24-28)48(31-17-13-10-14-18-31)41-32-25-29(43(2,3)4)19-20-39(32)49-42(41)46(40)35-26-33-34(45(7,8)22-21-44(33,5)6)27-36(35)47(37)30-15-11-9-12-16-30/h9-20,23-27H,21-22H2,1-8H3. The summed E-state index contributed by atoms with van der Waals surface area (Å²) in [7, 11) is 0. The molecule has 3 nitrogen and oxygen atoms in total. The molecule has 0 radical (unpaired) electrons. The topological polar surface area (TPSA) is 19.6 Å². The number of benzene rings is 5. The van der Waals surface area contributed by atoms with Crippen molar-refractivity contribution in [1.82, 2.24) is 0 Å². The van der Waals surface area contributed by atoms with Crippen molar-refractivity contribution in [3.8, 4) is 0 Å². The minimum Gasteiger partial charge on any atom is -0.468 e. The average molecular weight is 641 g/mol. The molecular formula is C45H45BN2O. The Morgan fingerprint density at radius 2 is 1.22 bits per heavy atom. The van der Waals surface area contributed by atoms with E-state index in [1.54, 1.807) is 0 Å². The summed E-state index contributed by atoms with van der Waals surface area (Å²) in [6, 6.07) is 38.6. The minimum absolute atomic E-state index is 0.0112. The second kappa shape index (κ2) is 10.2. The summed E-state index contributed by atoms with van der Waals surface area (Å²) in [4.78, 5) is 5.01. The quantitative estimate of drug-likeness (QED) is 0.175. The highest BCUT2D eigenvalue weighted by molar-refractivity contribution is 7.00. The SMILES string of the molecule is Cc1cc2c3c(c1)N(c1ccccc1)c1c(oc4ccc(C(C)(C)C)cc14)B3c1cc3c(cc1N2c1ccccc1)C(C)(C)CCC3(C)C. The van der Waals surface area contributed by atoms with Gasteiger partial charge in [0.25, 0.3) is 6.71 Å². The van der Waals surface area contributed by atoms with Crippen molar-refractivity contribution in [2.45, 2.75) is 84.5 Å². The van der Waals surface area contributed by atoms with Gasteiger partial charge in [-0.3, -0.25) is 0 Å². The van der Waals surface area contributed by atoms with Crippen LogP contribution in [0.5, 0.6) is 0 Å². The number of fused-ring (bicyclic) bond motifs is 7. The van der Waals surface area contributed by atoms with Crippen molar-refractivity contribution in [3.63, 3.8) is 0 Å². The van der Waals surface area contributed by atoms with E-state index in [0.717, 1.165) is 22.6 Å². The van der Waals surface area contributed by atoms with Gasteiger partial charge in [0.15, 0.2) is 0 Å². The fourth-order valence-corrected chi connectivity index (χ4v) is 8.84. The molecule has 0 N–H and O–H groups in total. The third-order valence-corrected chi connectivity index (χ3v) is 11.7. The first-order valence-electron chi connectivity index (χ1n) is 17.9. The normalized spacial score (nSPS) is 17.0. The van der Waals surface area contributed by atoms with Gasteiger partial charge >= 0.3 is 0 Å². The van der Waals surface area contributed by atoms with E-state index >= 15 is 0 Å². The zero-order valence-electron chi connectivity index (χ0n) is 30.1. The fraction of sp³-hybridized carbons (Fsp3) is 0.289. The van der Waals surface area contributed by atoms with Crippen LogP contribution in [0.1, 0.15) is 83.6 Å². The van der Waals surface area contributed by atoms with Crippen LogP contribution in [0.25, 0.3) is 11.0 Å². The maximum absolute atomic E-state index is 7.16. The molecule has 5 aromatic carbocycles. The van der Waals surface area contributed by atoms with Gasteiger partial charge in [-0.15, -0.1) is 0 Å². The third kappa shape index (κ3) is 4.42. The Balaban J connectivity index is 1.44. The molecule has 0 bridgehead atoms. The zero-order chi connectivity index (χ0) is 34.0. The van der Waals surface area contributed by atoms with Gasteiger partial charge in [0.2, 0.25) is 0 Å². The number of nitrogens with zero attached hydrogens (tertiary/aromatic N) is 2. The van der Waals surface area contributed by atoms with E-state index in [-0.39, 0.29) is 23.0 Å². The van der Waals surface area contributed by atoms with E-state index in [1.807, 2.05) is 0 Å². The largest absolute Gasteiger partial charge is 0.468 e. The number of furan rings is 1. The highest BCUT2D eigenvalue weighted by atomic mass is 16.3. The molecule has 4 heteroatoms. The van der Waals surface area contributed by atoms with Crippen molar-refractivity contribution in [2.75, 3.05) is 9.80 Å². The highest BCUT2D eigenvalue weighted by Gasteiger charge is 2.48. The van der Waals surface area contributed by atoms with Gasteiger partial charge in [-0.2, -0.15) is 0 Å². The second-order valence-electron chi connectivity index (χ2n) is 17.0. The number of anilines is 6. The Hall–Kier alpha value is -4.70. The predicted molar refractivity (Wildman–Crippen MR) is 209 cm³/mol. The summed E-state index contributed by atoms with van der Waals surface area (Å²) < 4.78 is 7.16. The van der Waals surface area contributed by atoms with Gasteiger partial charge in [-0.1, -0.05) is 97.0 Å². The van der Waals surface area contributed by atoms with Crippen LogP contribution in [0.15, 0.2) is 108 Å². The molecule has 0 saturated carbocycles. The third-order valence-electron chi connectivity index (χ3n) is 11.7. The molecular weight excluding hydrogens is 595 g/mol. The summed E-state index contributed by atoms with van der Waals surface area (Å²) in [5.74, 6) is 0. The van der Waals surface area contributed by atoms with Gasteiger partial charge in [0.05, 0.1) is 11.3 Å². The Bertz CT molecular complexity index is 2290. The molecule has 0 atom stereocenters. The van der Waals surface area contributed by atoms with Crippen LogP contribution < -0.4 is 26.4 Å². The lowest BCUT2D eigenvalue weighted by Crippen LogP contribution is -2.61. The molecule has 1 aromatic heterocycles. The molecule has 3 heterocycles. The maximum Gasteiger partial charge on any atom is 0.297 e. The fourth-order valence-electron chi connectivity index (χ4n) is 8.84. The molecule has 3 aliphatic rings. The van der Waals surface area contributed by atoms with Crippen LogP contribution in [0.4, 0.5) is 34.1 Å². The van der Waals surface area contributed by atoms with Crippen molar-refractivity contribution in [1.29, 1.82) is 0 Å². The van der Waals surface area contributed by atoms with Crippen molar-refractivity contribution >= 4 is 68.4 Å². The van der Waals surface area contributed by atoms with Crippen LogP contribution >= 0.6 is 0 Å². The summed E-state index contributed by atoms with van der Waals surface area (Å²) in [5, 5.41) is 1.17. The second-order valence-corrected chi connectivity index (χ2v) is 17.0. The van der Waals surface area contributed by atoms with E-state index in [2.05, 4.69) is 168 Å². The molecule has 0 amide bonds. The lowest BCUT2D eigenvalue weighted by atomic mass is 9.35. The van der Waals surface area contributed by atoms with Crippen LogP contribution in [0.2, 0.25) is 0 Å². The zero-order valence-corrected chi connectivity index (χ0v) is 30.1. The lowest BCUT2D eigenvalue weighted by Gasteiger charge is -2.46. The number of para-hydroxylation sites is 2. The van der Waals surface area contributed by atoms with E-state index in [1.165, 1.54) is 74.2 Å². The highest BCUT2D eigenvalue weighted by Crippen LogP contribution is 2.51. The van der Waals surface area contributed by atoms with E-state index in [9.17, 15) is 0 Å². The predicted octanol–water partition coefficient (Wildman–Crippen LogP) is 10.5. The Morgan fingerprint density at radius 3 is 1.84 bits per heavy atom. The number of hydrogen-bond acceptors (Lipinski definition) is 3. The molecule has 49 heavy (non-hydrogen) atoms. The minimum atomic E-state index is -0.0489. The first-order valence-corrected chi connectivity index (χ1v) is 17.9. The van der Waals surface area contributed by atoms with Crippen molar-refractivity contribution in [2.24, 2.45) is 0 Å². The van der Waals surface area contributed by atoms with Gasteiger partial charge in [-0.05, 0) is 124 Å². The van der Waals surface area contributed by atoms with Gasteiger partial charge in [0, 0.05) is 33.8 Å². The summed E-state index contributed by atoms with van der Waals surface area (Å²) >= 11 is 0. The first-order chi connectivity index (χ1) is 23.3. The molecule has 1 aliphatic carbocycles. The molecule has 0 saturated heterocycles. The van der Waals surface area contributed by atoms with Crippen LogP contribution in [0.3, 0.4) is 0 Å². The van der Waals surface area contributed by atoms with Crippen molar-refractivity contribution < 1.29 is 4.42 Å². The van der Waals surface area contributed by atoms with E-state index in [0.29, 0.717) is 0 Å². The van der Waals surface area contributed by atoms with Gasteiger partial charge < -0.3 is 14.2 Å². The Morgan fingerprint density at radius 1 is 0.653 bits per heavy atom. The summed E-state index contributed by atoms with van der Waals surface area (Å²) in [6.45, 7) is 18.8. The molecule has 9 rings (SSSR count). The maximum atomic E-state index is 7.16. The average Bonchev–Trinajstić information content (AvgIpc) is 3.45. The van der Waals surface area contributed by atoms with E-state index < -0.39 is 0 Å². The molecule has 0 fully saturated rings. The number of aryl methyl sites for hydroxylation is 1. The molecule has 6 aromatic rings. The molecule has 0 unspecified atom stereocenters. The monoisotopic (exact) mass is 640 g/mol. The molecule has 0 spiro atoms. The van der Waals surface area contributed by atoms with Crippen LogP contribution in [0, 0.1) is 6.92 Å². The smallest absolute Gasteiger partial charge is 0.297 e. The van der Waals surface area contributed by atoms with Gasteiger partial charge in [0.1, 0.15) is 5.58 Å². The summed E-state index contributed by atoms with van der Waals surface area (Å²) in [5.41, 5.74) is 17.5. The van der Waals surface area contributed by atoms with E-state index in [4.69, 9.17) is 4.42 Å². The number of hydrogen-bond donors (Lipinski definition) is 0. The van der Waals surface area contributed by atoms with Crippen LogP contribution in [-0.2, 0) is 16.2 Å². The number of rotatable bonds is 2. The Labute approximate surface area is 291 Å². The molecule has 244 valence electrons. The van der Waals surface area contributed by atoms with Gasteiger partial charge in [-0.25, -0.2) is 0 Å². The van der Waals surface area contributed by atoms with Crippen LogP contribution in [-0.4, -0.2) is 6.71 Å². The van der Waals surface area contributed by atoms with Crippen molar-refractivity contribution in [3.05, 3.63) is 125 Å². The molecule has 2 aliphatic heterocycles. The first kappa shape index (κ1) is 30.4. The lowest BCUT2D eigenvalue weighted by molar-refractivity contribution is 0.332. The summed E-state index contributed by atoms with van der Waals surface area (Å²) in [6.07, 6.45) is 2.35.